The summed E-state index contributed by atoms with van der Waals surface area (Å²) in [5.74, 6) is -0.707. The number of rotatable bonds is 2. The van der Waals surface area contributed by atoms with E-state index in [1.54, 1.807) is 0 Å². The Bertz CT molecular complexity index is 662. The van der Waals surface area contributed by atoms with Crippen molar-refractivity contribution in [1.82, 2.24) is 9.80 Å². The van der Waals surface area contributed by atoms with Gasteiger partial charge in [-0.15, -0.1) is 0 Å². The zero-order valence-electron chi connectivity index (χ0n) is 12.8. The van der Waals surface area contributed by atoms with E-state index in [0.717, 1.165) is 11.0 Å². The molecule has 2 aliphatic heterocycles. The fraction of sp³-hybridized carbons (Fsp3) is 0.500. The molecular weight excluding hydrogens is 325 g/mol. The van der Waals surface area contributed by atoms with Gasteiger partial charge in [-0.25, -0.2) is 0 Å². The highest BCUT2D eigenvalue weighted by atomic mass is 19.4. The Morgan fingerprint density at radius 3 is 2.62 bits per heavy atom. The minimum Gasteiger partial charge on any atom is -0.393 e. The summed E-state index contributed by atoms with van der Waals surface area (Å²) in [7, 11) is 0. The van der Waals surface area contributed by atoms with E-state index in [4.69, 9.17) is 0 Å². The number of hydrogen-bond acceptors (Lipinski definition) is 3. The minimum absolute atomic E-state index is 0.0454. The van der Waals surface area contributed by atoms with Gasteiger partial charge in [0.1, 0.15) is 12.6 Å². The molecule has 5 nitrogen and oxygen atoms in total. The third-order valence-corrected chi connectivity index (χ3v) is 4.50. The largest absolute Gasteiger partial charge is 0.416 e. The van der Waals surface area contributed by atoms with Crippen LogP contribution in [0.3, 0.4) is 0 Å². The van der Waals surface area contributed by atoms with Crippen LogP contribution in [0.2, 0.25) is 0 Å². The lowest BCUT2D eigenvalue weighted by molar-refractivity contribution is -0.161. The maximum Gasteiger partial charge on any atom is 0.416 e. The standard InChI is InChI=1S/C16H17F3N2O3/c17-16(18,19)12-4-2-1-3-10(12)8-20-9-14(23)21-6-5-11(22)7-13(21)15(20)24/h1-4,11,13,22H,5-9H2/t11-,13+/m0/s1. The van der Waals surface area contributed by atoms with E-state index >= 15 is 0 Å². The maximum absolute atomic E-state index is 13.1. The highest BCUT2D eigenvalue weighted by molar-refractivity contribution is 5.95. The Hall–Kier alpha value is -2.09. The summed E-state index contributed by atoms with van der Waals surface area (Å²) >= 11 is 0. The first kappa shape index (κ1) is 16.8. The number of benzene rings is 1. The average Bonchev–Trinajstić information content (AvgIpc) is 2.51. The van der Waals surface area contributed by atoms with E-state index in [9.17, 15) is 27.9 Å². The molecule has 1 aromatic carbocycles. The third-order valence-electron chi connectivity index (χ3n) is 4.50. The summed E-state index contributed by atoms with van der Waals surface area (Å²) in [5, 5.41) is 9.72. The number of fused-ring (bicyclic) bond motifs is 1. The molecule has 130 valence electrons. The van der Waals surface area contributed by atoms with Crippen LogP contribution in [0.25, 0.3) is 0 Å². The molecule has 0 aliphatic carbocycles. The number of carbonyl (C=O) groups excluding carboxylic acids is 2. The van der Waals surface area contributed by atoms with Crippen LogP contribution in [-0.4, -0.2) is 52.0 Å². The summed E-state index contributed by atoms with van der Waals surface area (Å²) in [6.45, 7) is -0.221. The molecule has 0 aromatic heterocycles. The summed E-state index contributed by atoms with van der Waals surface area (Å²) in [4.78, 5) is 27.3. The summed E-state index contributed by atoms with van der Waals surface area (Å²) in [5.41, 5.74) is -0.854. The van der Waals surface area contributed by atoms with Gasteiger partial charge in [0.2, 0.25) is 11.8 Å². The molecule has 2 saturated heterocycles. The van der Waals surface area contributed by atoms with Gasteiger partial charge in [-0.05, 0) is 18.1 Å². The zero-order valence-corrected chi connectivity index (χ0v) is 12.8. The Balaban J connectivity index is 1.84. The van der Waals surface area contributed by atoms with Crippen molar-refractivity contribution < 1.29 is 27.9 Å². The topological polar surface area (TPSA) is 60.9 Å². The second-order valence-corrected chi connectivity index (χ2v) is 6.13. The number of carbonyl (C=O) groups is 2. The van der Waals surface area contributed by atoms with Gasteiger partial charge in [0.15, 0.2) is 0 Å². The van der Waals surface area contributed by atoms with Crippen molar-refractivity contribution in [2.75, 3.05) is 13.1 Å². The van der Waals surface area contributed by atoms with Gasteiger partial charge in [0, 0.05) is 19.5 Å². The van der Waals surface area contributed by atoms with Gasteiger partial charge in [0.25, 0.3) is 0 Å². The number of hydrogen-bond donors (Lipinski definition) is 1. The summed E-state index contributed by atoms with van der Waals surface area (Å²) in [6, 6.07) is 4.24. The van der Waals surface area contributed by atoms with Crippen molar-refractivity contribution in [1.29, 1.82) is 0 Å². The van der Waals surface area contributed by atoms with E-state index in [1.165, 1.54) is 23.1 Å². The molecule has 1 aromatic rings. The normalized spacial score (nSPS) is 25.0. The summed E-state index contributed by atoms with van der Waals surface area (Å²) < 4.78 is 39.3. The van der Waals surface area contributed by atoms with Crippen LogP contribution in [0.1, 0.15) is 24.0 Å². The molecule has 8 heteroatoms. The first-order valence-corrected chi connectivity index (χ1v) is 7.69. The van der Waals surface area contributed by atoms with Gasteiger partial charge in [-0.2, -0.15) is 13.2 Å². The molecule has 3 rings (SSSR count). The molecule has 2 aliphatic rings. The number of aliphatic hydroxyl groups is 1. The van der Waals surface area contributed by atoms with Crippen molar-refractivity contribution in [2.45, 2.75) is 37.7 Å². The number of piperidine rings is 1. The molecule has 0 unspecified atom stereocenters. The Morgan fingerprint density at radius 2 is 1.92 bits per heavy atom. The smallest absolute Gasteiger partial charge is 0.393 e. The second-order valence-electron chi connectivity index (χ2n) is 6.13. The van der Waals surface area contributed by atoms with E-state index in [-0.39, 0.29) is 31.0 Å². The van der Waals surface area contributed by atoms with Gasteiger partial charge in [-0.3, -0.25) is 9.59 Å². The molecule has 2 amide bonds. The predicted molar refractivity (Wildman–Crippen MR) is 77.6 cm³/mol. The van der Waals surface area contributed by atoms with Gasteiger partial charge in [0.05, 0.1) is 11.7 Å². The van der Waals surface area contributed by atoms with Crippen LogP contribution in [-0.2, 0) is 22.3 Å². The van der Waals surface area contributed by atoms with Crippen LogP contribution >= 0.6 is 0 Å². The predicted octanol–water partition coefficient (Wildman–Crippen LogP) is 1.40. The molecule has 2 heterocycles. The van der Waals surface area contributed by atoms with Crippen LogP contribution in [0.4, 0.5) is 13.2 Å². The number of amides is 2. The third kappa shape index (κ3) is 3.10. The van der Waals surface area contributed by atoms with Gasteiger partial charge in [-0.1, -0.05) is 18.2 Å². The minimum atomic E-state index is -4.52. The molecule has 2 fully saturated rings. The van der Waals surface area contributed by atoms with E-state index < -0.39 is 29.8 Å². The lowest BCUT2D eigenvalue weighted by atomic mass is 9.95. The molecule has 0 radical (unpaired) electrons. The van der Waals surface area contributed by atoms with Crippen molar-refractivity contribution in [3.8, 4) is 0 Å². The molecule has 0 bridgehead atoms. The maximum atomic E-state index is 13.1. The highest BCUT2D eigenvalue weighted by Gasteiger charge is 2.43. The van der Waals surface area contributed by atoms with Crippen molar-refractivity contribution in [3.63, 3.8) is 0 Å². The molecule has 0 saturated carbocycles. The van der Waals surface area contributed by atoms with Gasteiger partial charge < -0.3 is 14.9 Å². The van der Waals surface area contributed by atoms with Crippen LogP contribution in [0.15, 0.2) is 24.3 Å². The highest BCUT2D eigenvalue weighted by Crippen LogP contribution is 2.33. The van der Waals surface area contributed by atoms with Crippen molar-refractivity contribution in [3.05, 3.63) is 35.4 Å². The Labute approximate surface area is 136 Å². The number of halogens is 3. The first-order valence-electron chi connectivity index (χ1n) is 7.69. The lowest BCUT2D eigenvalue weighted by Crippen LogP contribution is -2.62. The molecule has 24 heavy (non-hydrogen) atoms. The van der Waals surface area contributed by atoms with Crippen molar-refractivity contribution >= 4 is 11.8 Å². The quantitative estimate of drug-likeness (QED) is 0.884. The Morgan fingerprint density at radius 1 is 1.21 bits per heavy atom. The first-order chi connectivity index (χ1) is 11.3. The number of aliphatic hydroxyl groups excluding tert-OH is 1. The second kappa shape index (κ2) is 6.08. The summed E-state index contributed by atoms with van der Waals surface area (Å²) in [6.07, 6.45) is -4.66. The van der Waals surface area contributed by atoms with E-state index in [2.05, 4.69) is 0 Å². The van der Waals surface area contributed by atoms with Crippen molar-refractivity contribution in [2.24, 2.45) is 0 Å². The van der Waals surface area contributed by atoms with E-state index in [0.29, 0.717) is 13.0 Å². The van der Waals surface area contributed by atoms with Gasteiger partial charge >= 0.3 is 6.18 Å². The fourth-order valence-electron chi connectivity index (χ4n) is 3.30. The molecule has 1 N–H and O–H groups in total. The number of alkyl halides is 3. The number of piperazine rings is 1. The SMILES string of the molecule is O=C1[C@H]2C[C@@H](O)CCN2C(=O)CN1Cc1ccccc1C(F)(F)F. The average molecular weight is 342 g/mol. The van der Waals surface area contributed by atoms with Crippen LogP contribution < -0.4 is 0 Å². The monoisotopic (exact) mass is 342 g/mol. The van der Waals surface area contributed by atoms with Crippen LogP contribution in [0, 0.1) is 0 Å². The van der Waals surface area contributed by atoms with Crippen LogP contribution in [0.5, 0.6) is 0 Å². The molecule has 2 atom stereocenters. The zero-order chi connectivity index (χ0) is 17.5. The fourth-order valence-corrected chi connectivity index (χ4v) is 3.30. The number of nitrogens with zero attached hydrogens (tertiary/aromatic N) is 2. The van der Waals surface area contributed by atoms with E-state index in [1.807, 2.05) is 0 Å². The molecule has 0 spiro atoms. The lowest BCUT2D eigenvalue weighted by Gasteiger charge is -2.44. The Kier molecular flexibility index (Phi) is 4.25. The molecular formula is C16H17F3N2O3.